The Balaban J connectivity index is -0.000000368. The van der Waals surface area contributed by atoms with Gasteiger partial charge in [-0.2, -0.15) is 0 Å². The van der Waals surface area contributed by atoms with Crippen molar-refractivity contribution < 1.29 is 33.6 Å². The van der Waals surface area contributed by atoms with Gasteiger partial charge in [0.2, 0.25) is 0 Å². The Bertz CT molecular complexity index is 921. The molecule has 7 heteroatoms. The van der Waals surface area contributed by atoms with Gasteiger partial charge in [-0.3, -0.25) is 4.79 Å². The van der Waals surface area contributed by atoms with Gasteiger partial charge in [-0.05, 0) is 60.1 Å². The highest BCUT2D eigenvalue weighted by atomic mass is 16.7. The van der Waals surface area contributed by atoms with Crippen molar-refractivity contribution >= 4 is 11.9 Å². The highest BCUT2D eigenvalue weighted by Gasteiger charge is 2.10. The standard InChI is InChI=1S/C19H26O6.C10H14O.4CH4/c1-5-14(2)16-6-8-17(9-7-16)25-13-23-11-10-18(20)24-12-15(3)19(21)22-4;1-3-8(2)9-4-6-10(11)7-5-9;;;;/h6-9,14H,3,5,10-13H2,1-2,4H3;4-8,11H,3H2,1-2H3;4*1H4. The summed E-state index contributed by atoms with van der Waals surface area (Å²) in [6.07, 6.45) is 2.29. The van der Waals surface area contributed by atoms with Crippen molar-refractivity contribution in [2.75, 3.05) is 27.1 Å². The van der Waals surface area contributed by atoms with Crippen molar-refractivity contribution in [2.45, 2.75) is 88.5 Å². The second-order valence-corrected chi connectivity index (χ2v) is 8.46. The van der Waals surface area contributed by atoms with E-state index < -0.39 is 11.9 Å². The summed E-state index contributed by atoms with van der Waals surface area (Å²) in [5.41, 5.74) is 2.65. The molecule has 0 aliphatic rings. The molecule has 0 aromatic heterocycles. The number of ether oxygens (including phenoxy) is 4. The molecule has 2 aromatic carbocycles. The zero-order valence-corrected chi connectivity index (χ0v) is 22.1. The zero-order chi connectivity index (χ0) is 26.9. The minimum absolute atomic E-state index is 0. The van der Waals surface area contributed by atoms with Crippen LogP contribution in [0.3, 0.4) is 0 Å². The number of phenolic OH excluding ortho intramolecular Hbond substituents is 1. The number of hydrogen-bond donors (Lipinski definition) is 1. The summed E-state index contributed by atoms with van der Waals surface area (Å²) >= 11 is 0. The molecular formula is C33H56O7. The van der Waals surface area contributed by atoms with Crippen LogP contribution in [0, 0.1) is 0 Å². The summed E-state index contributed by atoms with van der Waals surface area (Å²) in [6.45, 7) is 12.2. The van der Waals surface area contributed by atoms with Gasteiger partial charge in [0.1, 0.15) is 18.1 Å². The molecule has 40 heavy (non-hydrogen) atoms. The maximum Gasteiger partial charge on any atom is 0.336 e. The van der Waals surface area contributed by atoms with E-state index in [0.29, 0.717) is 23.3 Å². The number of carbonyl (C=O) groups excluding carboxylic acids is 2. The van der Waals surface area contributed by atoms with Gasteiger partial charge < -0.3 is 24.1 Å². The molecule has 0 spiro atoms. The van der Waals surface area contributed by atoms with Crippen molar-refractivity contribution in [3.05, 3.63) is 71.8 Å². The van der Waals surface area contributed by atoms with Crippen LogP contribution in [0.4, 0.5) is 0 Å². The molecule has 0 radical (unpaired) electrons. The van der Waals surface area contributed by atoms with E-state index in [2.05, 4.69) is 39.0 Å². The summed E-state index contributed by atoms with van der Waals surface area (Å²) in [6, 6.07) is 15.3. The van der Waals surface area contributed by atoms with E-state index in [1.165, 1.54) is 18.2 Å². The first-order valence-electron chi connectivity index (χ1n) is 12.2. The third-order valence-electron chi connectivity index (χ3n) is 5.78. The second kappa shape index (κ2) is 24.7. The molecule has 0 saturated heterocycles. The average molecular weight is 565 g/mol. The molecule has 0 saturated carbocycles. The lowest BCUT2D eigenvalue weighted by Crippen LogP contribution is -2.15. The maximum absolute atomic E-state index is 11.5. The Kier molecular flexibility index (Phi) is 27.0. The van der Waals surface area contributed by atoms with Gasteiger partial charge in [0.05, 0.1) is 25.7 Å². The summed E-state index contributed by atoms with van der Waals surface area (Å²) in [4.78, 5) is 22.6. The molecule has 1 N–H and O–H groups in total. The van der Waals surface area contributed by atoms with Crippen LogP contribution < -0.4 is 4.74 Å². The topological polar surface area (TPSA) is 91.3 Å². The third-order valence-corrected chi connectivity index (χ3v) is 5.78. The fraction of sp³-hybridized carbons (Fsp3) is 0.515. The number of hydrogen-bond acceptors (Lipinski definition) is 7. The predicted molar refractivity (Wildman–Crippen MR) is 167 cm³/mol. The van der Waals surface area contributed by atoms with Crippen LogP contribution in [0.2, 0.25) is 0 Å². The molecule has 0 aliphatic carbocycles. The largest absolute Gasteiger partial charge is 0.508 e. The van der Waals surface area contributed by atoms with Gasteiger partial charge >= 0.3 is 11.9 Å². The molecule has 7 nitrogen and oxygen atoms in total. The van der Waals surface area contributed by atoms with Gasteiger partial charge in [0.15, 0.2) is 6.79 Å². The Labute approximate surface area is 244 Å². The molecule has 0 aliphatic heterocycles. The van der Waals surface area contributed by atoms with Gasteiger partial charge in [-0.15, -0.1) is 0 Å². The number of benzene rings is 2. The van der Waals surface area contributed by atoms with E-state index in [9.17, 15) is 9.59 Å². The predicted octanol–water partition coefficient (Wildman–Crippen LogP) is 8.67. The Hall–Kier alpha value is -3.32. The first-order chi connectivity index (χ1) is 17.2. The number of methoxy groups -OCH3 is 1. The number of phenols is 1. The Morgan fingerprint density at radius 1 is 0.850 bits per heavy atom. The summed E-state index contributed by atoms with van der Waals surface area (Å²) in [5, 5.41) is 9.01. The summed E-state index contributed by atoms with van der Waals surface area (Å²) < 4.78 is 20.0. The van der Waals surface area contributed by atoms with Crippen molar-refractivity contribution in [1.29, 1.82) is 0 Å². The summed E-state index contributed by atoms with van der Waals surface area (Å²) in [7, 11) is 1.24. The van der Waals surface area contributed by atoms with E-state index in [-0.39, 0.29) is 61.7 Å². The minimum atomic E-state index is -0.600. The van der Waals surface area contributed by atoms with Gasteiger partial charge in [0.25, 0.3) is 0 Å². The second-order valence-electron chi connectivity index (χ2n) is 8.46. The van der Waals surface area contributed by atoms with Crippen molar-refractivity contribution in [1.82, 2.24) is 0 Å². The van der Waals surface area contributed by atoms with Crippen LogP contribution in [0.25, 0.3) is 0 Å². The lowest BCUT2D eigenvalue weighted by molar-refractivity contribution is -0.145. The molecule has 2 unspecified atom stereocenters. The van der Waals surface area contributed by atoms with Gasteiger partial charge in [-0.25, -0.2) is 4.79 Å². The average Bonchev–Trinajstić information content (AvgIpc) is 2.91. The highest BCUT2D eigenvalue weighted by molar-refractivity contribution is 5.88. The van der Waals surface area contributed by atoms with Crippen LogP contribution in [0.1, 0.15) is 99.6 Å². The molecular weight excluding hydrogens is 508 g/mol. The third kappa shape index (κ3) is 17.3. The Morgan fingerprint density at radius 3 is 1.77 bits per heavy atom. The van der Waals surface area contributed by atoms with Crippen LogP contribution in [0.15, 0.2) is 60.7 Å². The molecule has 0 amide bonds. The van der Waals surface area contributed by atoms with Crippen molar-refractivity contribution in [3.8, 4) is 11.5 Å². The lowest BCUT2D eigenvalue weighted by atomic mass is 9.99. The van der Waals surface area contributed by atoms with Crippen molar-refractivity contribution in [2.24, 2.45) is 0 Å². The number of carbonyl (C=O) groups is 2. The fourth-order valence-electron chi connectivity index (χ4n) is 2.93. The zero-order valence-electron chi connectivity index (χ0n) is 22.1. The number of rotatable bonds is 13. The van der Waals surface area contributed by atoms with E-state index in [4.69, 9.17) is 19.3 Å². The van der Waals surface area contributed by atoms with Crippen LogP contribution in [-0.4, -0.2) is 44.2 Å². The molecule has 2 aromatic rings. The summed E-state index contributed by atoms with van der Waals surface area (Å²) in [5.74, 6) is 1.09. The molecule has 230 valence electrons. The molecule has 0 heterocycles. The quantitative estimate of drug-likeness (QED) is 0.113. The molecule has 2 atom stereocenters. The van der Waals surface area contributed by atoms with E-state index >= 15 is 0 Å². The van der Waals surface area contributed by atoms with Gasteiger partial charge in [-0.1, -0.05) is 88.2 Å². The number of aromatic hydroxyl groups is 1. The minimum Gasteiger partial charge on any atom is -0.508 e. The maximum atomic E-state index is 11.5. The van der Waals surface area contributed by atoms with E-state index in [1.54, 1.807) is 12.1 Å². The number of esters is 2. The molecule has 0 fully saturated rings. The van der Waals surface area contributed by atoms with Crippen LogP contribution in [-0.2, 0) is 23.8 Å². The normalized spacial score (nSPS) is 10.7. The molecule has 2 rings (SSSR count). The molecule has 0 bridgehead atoms. The van der Waals surface area contributed by atoms with Crippen molar-refractivity contribution in [3.63, 3.8) is 0 Å². The van der Waals surface area contributed by atoms with E-state index in [1.807, 2.05) is 36.4 Å². The van der Waals surface area contributed by atoms with Crippen LogP contribution in [0.5, 0.6) is 11.5 Å². The smallest absolute Gasteiger partial charge is 0.336 e. The first kappa shape index (κ1) is 43.7. The fourth-order valence-corrected chi connectivity index (χ4v) is 2.93. The van der Waals surface area contributed by atoms with E-state index in [0.717, 1.165) is 12.8 Å². The van der Waals surface area contributed by atoms with Gasteiger partial charge in [0, 0.05) is 0 Å². The first-order valence-corrected chi connectivity index (χ1v) is 12.2. The SMILES string of the molecule is C.C.C.C.C=C(COC(=O)CCOCOc1ccc(C(C)CC)cc1)C(=O)OC.CCC(C)c1ccc(O)cc1. The van der Waals surface area contributed by atoms with Crippen LogP contribution >= 0.6 is 0 Å². The monoisotopic (exact) mass is 564 g/mol. The highest BCUT2D eigenvalue weighted by Crippen LogP contribution is 2.22. The Morgan fingerprint density at radius 2 is 1.32 bits per heavy atom. The lowest BCUT2D eigenvalue weighted by Gasteiger charge is -2.11.